The highest BCUT2D eigenvalue weighted by atomic mass is 32.2. The maximum absolute atomic E-state index is 14.0. The summed E-state index contributed by atoms with van der Waals surface area (Å²) in [7, 11) is 0. The number of nitrogens with zero attached hydrogens (tertiary/aromatic N) is 2. The molecule has 4 aliphatic rings. The highest BCUT2D eigenvalue weighted by Gasteiger charge is 2.42. The fraction of sp³-hybridized carbons (Fsp3) is 0.750. The largest absolute Gasteiger partial charge is 0.378 e. The fourth-order valence-corrected chi connectivity index (χ4v) is 12.0. The van der Waals surface area contributed by atoms with Crippen LogP contribution in [0, 0.1) is 11.8 Å². The van der Waals surface area contributed by atoms with Gasteiger partial charge in [0.1, 0.15) is 6.04 Å². The summed E-state index contributed by atoms with van der Waals surface area (Å²) in [6, 6.07) is 5.70. The third-order valence-electron chi connectivity index (χ3n) is 13.4. The Morgan fingerprint density at radius 1 is 0.879 bits per heavy atom. The molecule has 6 amide bonds. The maximum Gasteiger partial charge on any atom is 0.315 e. The van der Waals surface area contributed by atoms with E-state index in [0.29, 0.717) is 76.7 Å². The van der Waals surface area contributed by atoms with Crippen molar-refractivity contribution >= 4 is 63.0 Å². The van der Waals surface area contributed by atoms with E-state index < -0.39 is 6.04 Å². The molecular weight excluding hydrogens is 881 g/mol. The quantitative estimate of drug-likeness (QED) is 0.0513. The van der Waals surface area contributed by atoms with E-state index in [9.17, 15) is 24.0 Å². The van der Waals surface area contributed by atoms with Crippen LogP contribution < -0.4 is 31.9 Å². The highest BCUT2D eigenvalue weighted by Crippen LogP contribution is 2.33. The smallest absolute Gasteiger partial charge is 0.315 e. The third-order valence-corrected chi connectivity index (χ3v) is 16.0. The van der Waals surface area contributed by atoms with Gasteiger partial charge in [0, 0.05) is 61.9 Å². The summed E-state index contributed by atoms with van der Waals surface area (Å²) in [4.78, 5) is 71.0. The molecule has 66 heavy (non-hydrogen) atoms. The van der Waals surface area contributed by atoms with Crippen molar-refractivity contribution in [1.82, 2.24) is 41.8 Å². The molecule has 4 heterocycles. The van der Waals surface area contributed by atoms with Gasteiger partial charge in [-0.25, -0.2) is 9.78 Å². The number of likely N-dealkylation sites (tertiary alicyclic amines) is 1. The summed E-state index contributed by atoms with van der Waals surface area (Å²) in [6.45, 7) is 12.3. The number of fused-ring (bicyclic) bond motifs is 2. The molecule has 4 fully saturated rings. The molecule has 0 spiro atoms. The second-order valence-corrected chi connectivity index (χ2v) is 21.0. The van der Waals surface area contributed by atoms with Crippen molar-refractivity contribution < 1.29 is 38.2 Å². The Balaban J connectivity index is 0.797. The first-order valence-corrected chi connectivity index (χ1v) is 26.6. The zero-order chi connectivity index (χ0) is 46.7. The van der Waals surface area contributed by atoms with Crippen LogP contribution in [0.4, 0.5) is 4.79 Å². The number of rotatable bonds is 28. The molecule has 1 saturated carbocycles. The predicted molar refractivity (Wildman–Crippen MR) is 260 cm³/mol. The molecule has 2 aromatic rings. The van der Waals surface area contributed by atoms with Crippen molar-refractivity contribution in [3.8, 4) is 0 Å². The standard InChI is InChI=1S/C48H76N8O8S2/c1-4-42(57)51-37(29-44-52-36-15-14-35(32(2)3)28-41(36)66-44)47(60)53-38(33-10-6-5-7-11-33)30-50-46(59)34-16-19-56(20-17-34)21-23-63-25-27-64-26-24-62-22-18-49-43(58)13-9-8-12-40-45-39(31-65-40)54-48(61)55-45/h14-15,28,32-34,37-40,45H,4-13,16-27,29-31H2,1-3H3,(H,49,58)(H,50,59)(H,51,57)(H,53,60)(H2,54,55,61)/t37-,38+,39-,40-,45-/m0/s1. The van der Waals surface area contributed by atoms with E-state index in [1.165, 1.54) is 12.0 Å². The number of thioether (sulfide) groups is 1. The van der Waals surface area contributed by atoms with Crippen molar-refractivity contribution in [3.63, 3.8) is 0 Å². The van der Waals surface area contributed by atoms with Crippen LogP contribution >= 0.6 is 23.1 Å². The summed E-state index contributed by atoms with van der Waals surface area (Å²) in [5.74, 6) is 1.20. The molecule has 0 bridgehead atoms. The van der Waals surface area contributed by atoms with E-state index >= 15 is 0 Å². The Morgan fingerprint density at radius 2 is 1.62 bits per heavy atom. The van der Waals surface area contributed by atoms with Gasteiger partial charge in [-0.2, -0.15) is 11.8 Å². The molecule has 3 aliphatic heterocycles. The molecule has 1 aliphatic carbocycles. The van der Waals surface area contributed by atoms with Gasteiger partial charge in [-0.3, -0.25) is 19.2 Å². The van der Waals surface area contributed by atoms with E-state index in [4.69, 9.17) is 19.2 Å². The van der Waals surface area contributed by atoms with Crippen molar-refractivity contribution in [2.24, 2.45) is 11.8 Å². The number of piperidine rings is 1. The van der Waals surface area contributed by atoms with Gasteiger partial charge in [-0.1, -0.05) is 52.5 Å². The highest BCUT2D eigenvalue weighted by molar-refractivity contribution is 8.00. The average Bonchev–Trinajstić information content (AvgIpc) is 4.02. The molecule has 0 radical (unpaired) electrons. The van der Waals surface area contributed by atoms with E-state index in [2.05, 4.69) is 62.8 Å². The van der Waals surface area contributed by atoms with Gasteiger partial charge in [0.2, 0.25) is 23.6 Å². The number of benzene rings is 1. The SMILES string of the molecule is CCC(=O)N[C@@H](Cc1nc2ccc(C(C)C)cc2s1)C(=O)N[C@H](CNC(=O)C1CCN(CCOCCOCCOCCNC(=O)CCCC[C@@H]2SC[C@@H]3NC(=O)N[C@@H]32)CC1)C1CCCCC1. The molecule has 16 nitrogen and oxygen atoms in total. The van der Waals surface area contributed by atoms with Gasteiger partial charge in [-0.05, 0) is 81.1 Å². The minimum Gasteiger partial charge on any atom is -0.378 e. The summed E-state index contributed by atoms with van der Waals surface area (Å²) < 4.78 is 18.1. The number of aromatic nitrogens is 1. The maximum atomic E-state index is 14.0. The van der Waals surface area contributed by atoms with Gasteiger partial charge in [0.05, 0.1) is 66.9 Å². The van der Waals surface area contributed by atoms with Crippen LogP contribution in [-0.2, 0) is 39.8 Å². The molecule has 6 N–H and O–H groups in total. The molecule has 5 atom stereocenters. The van der Waals surface area contributed by atoms with Crippen molar-refractivity contribution in [1.29, 1.82) is 0 Å². The number of unbranched alkanes of at least 4 members (excludes halogenated alkanes) is 1. The monoisotopic (exact) mass is 957 g/mol. The van der Waals surface area contributed by atoms with Crippen LogP contribution in [0.15, 0.2) is 18.2 Å². The lowest BCUT2D eigenvalue weighted by Gasteiger charge is -2.34. The molecule has 18 heteroatoms. The topological polar surface area (TPSA) is 201 Å². The number of nitrogens with one attached hydrogen (secondary N) is 6. The van der Waals surface area contributed by atoms with Crippen LogP contribution in [0.1, 0.15) is 114 Å². The fourth-order valence-electron chi connectivity index (χ4n) is 9.41. The Labute approximate surface area is 399 Å². The molecule has 1 aromatic carbocycles. The number of carbonyl (C=O) groups excluding carboxylic acids is 5. The molecular formula is C48H76N8O8S2. The van der Waals surface area contributed by atoms with Gasteiger partial charge in [0.15, 0.2) is 0 Å². The molecule has 368 valence electrons. The minimum absolute atomic E-state index is 0.0378. The summed E-state index contributed by atoms with van der Waals surface area (Å²) in [5, 5.41) is 19.6. The van der Waals surface area contributed by atoms with Gasteiger partial charge < -0.3 is 51.0 Å². The van der Waals surface area contributed by atoms with Crippen molar-refractivity contribution in [3.05, 3.63) is 28.8 Å². The van der Waals surface area contributed by atoms with E-state index in [1.807, 2.05) is 17.8 Å². The average molecular weight is 957 g/mol. The molecule has 1 aromatic heterocycles. The summed E-state index contributed by atoms with van der Waals surface area (Å²) in [5.41, 5.74) is 2.14. The van der Waals surface area contributed by atoms with E-state index in [0.717, 1.165) is 98.4 Å². The first-order chi connectivity index (χ1) is 32.1. The normalized spacial score (nSPS) is 21.3. The van der Waals surface area contributed by atoms with Crippen molar-refractivity contribution in [2.75, 3.05) is 78.1 Å². The Bertz CT molecular complexity index is 1860. The molecule has 3 saturated heterocycles. The second-order valence-electron chi connectivity index (χ2n) is 18.6. The third kappa shape index (κ3) is 16.6. The lowest BCUT2D eigenvalue weighted by molar-refractivity contribution is -0.130. The Morgan fingerprint density at radius 3 is 2.36 bits per heavy atom. The predicted octanol–water partition coefficient (Wildman–Crippen LogP) is 4.64. The van der Waals surface area contributed by atoms with Crippen LogP contribution in [0.2, 0.25) is 0 Å². The van der Waals surface area contributed by atoms with E-state index in [-0.39, 0.29) is 66.0 Å². The Hall–Kier alpha value is -3.55. The first-order valence-electron chi connectivity index (χ1n) is 24.7. The number of amides is 6. The zero-order valence-electron chi connectivity index (χ0n) is 39.5. The first kappa shape index (κ1) is 51.8. The van der Waals surface area contributed by atoms with E-state index in [1.54, 1.807) is 18.3 Å². The van der Waals surface area contributed by atoms with Crippen LogP contribution in [0.3, 0.4) is 0 Å². The number of thiazole rings is 1. The lowest BCUT2D eigenvalue weighted by atomic mass is 9.83. The molecule has 6 rings (SSSR count). The number of ether oxygens (including phenoxy) is 3. The zero-order valence-corrected chi connectivity index (χ0v) is 41.1. The van der Waals surface area contributed by atoms with Crippen LogP contribution in [0.5, 0.6) is 0 Å². The molecule has 0 unspecified atom stereocenters. The van der Waals surface area contributed by atoms with Crippen LogP contribution in [0.25, 0.3) is 10.2 Å². The second kappa shape index (κ2) is 27.4. The van der Waals surface area contributed by atoms with Crippen molar-refractivity contribution in [2.45, 2.75) is 140 Å². The van der Waals surface area contributed by atoms with Gasteiger partial charge >= 0.3 is 6.03 Å². The summed E-state index contributed by atoms with van der Waals surface area (Å²) in [6.07, 6.45) is 10.8. The van der Waals surface area contributed by atoms with Gasteiger partial charge in [-0.15, -0.1) is 11.3 Å². The Kier molecular flexibility index (Phi) is 21.6. The van der Waals surface area contributed by atoms with Gasteiger partial charge in [0.25, 0.3) is 0 Å². The lowest BCUT2D eigenvalue weighted by Crippen LogP contribution is -2.55. The number of carbonyl (C=O) groups is 5. The number of hydrogen-bond donors (Lipinski definition) is 6. The number of hydrogen-bond acceptors (Lipinski definition) is 12. The minimum atomic E-state index is -0.761. The van der Waals surface area contributed by atoms with Crippen LogP contribution in [-0.4, -0.2) is 147 Å². The number of urea groups is 1. The summed E-state index contributed by atoms with van der Waals surface area (Å²) >= 11 is 3.47.